The van der Waals surface area contributed by atoms with Gasteiger partial charge in [0.2, 0.25) is 0 Å². The number of hydrogen-bond acceptors (Lipinski definition) is 5. The lowest BCUT2D eigenvalue weighted by Gasteiger charge is -2.27. The molecule has 2 saturated heterocycles. The first-order chi connectivity index (χ1) is 19.5. The van der Waals surface area contributed by atoms with Crippen molar-refractivity contribution >= 4 is 23.5 Å². The number of halogens is 8. The number of carbonyl (C=O) groups excluding carboxylic acids is 2. The van der Waals surface area contributed by atoms with E-state index in [1.165, 1.54) is 0 Å². The van der Waals surface area contributed by atoms with Crippen LogP contribution in [-0.4, -0.2) is 85.6 Å². The van der Waals surface area contributed by atoms with Crippen molar-refractivity contribution in [2.45, 2.75) is 31.0 Å². The first-order valence-corrected chi connectivity index (χ1v) is 12.7. The van der Waals surface area contributed by atoms with Crippen LogP contribution in [0.15, 0.2) is 36.4 Å². The van der Waals surface area contributed by atoms with Crippen molar-refractivity contribution < 1.29 is 54.6 Å². The number of ether oxygens (including phenoxy) is 1. The summed E-state index contributed by atoms with van der Waals surface area (Å²) >= 11 is 0. The van der Waals surface area contributed by atoms with Crippen LogP contribution >= 0.6 is 0 Å². The molecule has 0 saturated carbocycles. The molecule has 3 amide bonds. The lowest BCUT2D eigenvalue weighted by atomic mass is 10.1. The molecule has 42 heavy (non-hydrogen) atoms. The van der Waals surface area contributed by atoms with E-state index in [9.17, 15) is 49.8 Å². The van der Waals surface area contributed by atoms with Crippen molar-refractivity contribution in [2.75, 3.05) is 56.1 Å². The Morgan fingerprint density at radius 1 is 1.05 bits per heavy atom. The summed E-state index contributed by atoms with van der Waals surface area (Å²) in [4.78, 5) is 30.0. The lowest BCUT2D eigenvalue weighted by molar-refractivity contribution is -0.143. The van der Waals surface area contributed by atoms with E-state index >= 15 is 0 Å². The fourth-order valence-corrected chi connectivity index (χ4v) is 4.76. The van der Waals surface area contributed by atoms with E-state index in [1.807, 2.05) is 0 Å². The van der Waals surface area contributed by atoms with E-state index < -0.39 is 71.7 Å². The van der Waals surface area contributed by atoms with Crippen LogP contribution in [0.4, 0.5) is 56.1 Å². The standard InChI is InChI=1S/C26H26F8N4O4/c1-35(18-4-2-16(27)3-5-18)24(41)42-22-20(26(32,33)34)10-15(25(29,30)31)11-21(22)38-9-8-37(23(38)40)14-19(39)13-36-7-6-17(28)12-36/h2-5,10-11,17,19,39H,6-9,12-14H2,1H3. The topological polar surface area (TPSA) is 76.6 Å². The largest absolute Gasteiger partial charge is 0.420 e. The predicted molar refractivity (Wildman–Crippen MR) is 134 cm³/mol. The van der Waals surface area contributed by atoms with Gasteiger partial charge in [-0.2, -0.15) is 26.3 Å². The van der Waals surface area contributed by atoms with Gasteiger partial charge in [-0.3, -0.25) is 14.7 Å². The molecule has 4 rings (SSSR count). The molecule has 2 fully saturated rings. The van der Waals surface area contributed by atoms with Gasteiger partial charge in [0.25, 0.3) is 0 Å². The first-order valence-electron chi connectivity index (χ1n) is 12.7. The number of β-amino-alcohol motifs (C(OH)–C–C–N with tert-alkyl or cyclic N) is 1. The van der Waals surface area contributed by atoms with Crippen molar-refractivity contribution in [1.29, 1.82) is 0 Å². The second-order valence-corrected chi connectivity index (χ2v) is 9.95. The zero-order valence-corrected chi connectivity index (χ0v) is 22.1. The fraction of sp³-hybridized carbons (Fsp3) is 0.462. The number of alkyl halides is 7. The number of anilines is 2. The van der Waals surface area contributed by atoms with E-state index in [0.29, 0.717) is 16.3 Å². The summed E-state index contributed by atoms with van der Waals surface area (Å²) < 4.78 is 115. The highest BCUT2D eigenvalue weighted by Crippen LogP contribution is 2.47. The Hall–Kier alpha value is -3.66. The van der Waals surface area contributed by atoms with Gasteiger partial charge in [-0.1, -0.05) is 0 Å². The zero-order chi connectivity index (χ0) is 31.0. The Balaban J connectivity index is 1.66. The van der Waals surface area contributed by atoms with Gasteiger partial charge < -0.3 is 14.7 Å². The van der Waals surface area contributed by atoms with Crippen molar-refractivity contribution in [1.82, 2.24) is 9.80 Å². The summed E-state index contributed by atoms with van der Waals surface area (Å²) in [5, 5.41) is 10.4. The summed E-state index contributed by atoms with van der Waals surface area (Å²) in [6.07, 6.45) is -14.1. The molecule has 2 aliphatic rings. The molecule has 1 N–H and O–H groups in total. The Morgan fingerprint density at radius 3 is 2.29 bits per heavy atom. The van der Waals surface area contributed by atoms with Crippen molar-refractivity contribution in [2.24, 2.45) is 0 Å². The minimum atomic E-state index is -5.44. The molecule has 2 aromatic rings. The van der Waals surface area contributed by atoms with E-state index in [4.69, 9.17) is 4.74 Å². The van der Waals surface area contributed by atoms with Crippen molar-refractivity contribution in [3.63, 3.8) is 0 Å². The van der Waals surface area contributed by atoms with Crippen LogP contribution in [0.25, 0.3) is 0 Å². The monoisotopic (exact) mass is 610 g/mol. The van der Waals surface area contributed by atoms with Crippen LogP contribution in [-0.2, 0) is 12.4 Å². The van der Waals surface area contributed by atoms with Crippen LogP contribution in [0.3, 0.4) is 0 Å². The van der Waals surface area contributed by atoms with Crippen LogP contribution in [0.5, 0.6) is 5.75 Å². The molecule has 0 bridgehead atoms. The maximum atomic E-state index is 14.1. The Bertz CT molecular complexity index is 1300. The summed E-state index contributed by atoms with van der Waals surface area (Å²) in [6, 6.07) is 3.20. The van der Waals surface area contributed by atoms with E-state index in [-0.39, 0.29) is 50.4 Å². The third kappa shape index (κ3) is 7.03. The molecule has 16 heteroatoms. The number of likely N-dealkylation sites (tertiary alicyclic amines) is 1. The summed E-state index contributed by atoms with van der Waals surface area (Å²) in [7, 11) is 1.09. The Kier molecular flexibility index (Phi) is 8.87. The number of hydrogen-bond donors (Lipinski definition) is 1. The summed E-state index contributed by atoms with van der Waals surface area (Å²) in [5.41, 5.74) is -4.65. The average Bonchev–Trinajstić information content (AvgIpc) is 3.47. The third-order valence-electron chi connectivity index (χ3n) is 6.88. The predicted octanol–water partition coefficient (Wildman–Crippen LogP) is 5.15. The molecule has 0 aliphatic carbocycles. The molecule has 0 spiro atoms. The number of aliphatic hydroxyl groups excluding tert-OH is 1. The first kappa shape index (κ1) is 31.3. The molecule has 8 nitrogen and oxygen atoms in total. The molecule has 230 valence electrons. The molecule has 2 atom stereocenters. The van der Waals surface area contributed by atoms with Crippen LogP contribution in [0, 0.1) is 5.82 Å². The number of amides is 3. The number of benzene rings is 2. The molecular formula is C26H26F8N4O4. The van der Waals surface area contributed by atoms with Gasteiger partial charge in [0.15, 0.2) is 5.75 Å². The van der Waals surface area contributed by atoms with Gasteiger partial charge in [0.05, 0.1) is 17.4 Å². The molecular weight excluding hydrogens is 584 g/mol. The van der Waals surface area contributed by atoms with Gasteiger partial charge in [-0.25, -0.2) is 18.4 Å². The molecule has 0 aromatic heterocycles. The van der Waals surface area contributed by atoms with E-state index in [0.717, 1.165) is 36.2 Å². The summed E-state index contributed by atoms with van der Waals surface area (Å²) in [5.74, 6) is -2.00. The number of rotatable bonds is 7. The molecule has 2 aromatic carbocycles. The van der Waals surface area contributed by atoms with E-state index in [2.05, 4.69) is 0 Å². The second kappa shape index (κ2) is 11.9. The quantitative estimate of drug-likeness (QED) is 0.440. The minimum Gasteiger partial charge on any atom is -0.407 e. The third-order valence-corrected chi connectivity index (χ3v) is 6.88. The number of carbonyl (C=O) groups is 2. The Labute approximate surface area is 234 Å². The van der Waals surface area contributed by atoms with Gasteiger partial charge >= 0.3 is 24.5 Å². The minimum absolute atomic E-state index is 0.00193. The van der Waals surface area contributed by atoms with Gasteiger partial charge in [0.1, 0.15) is 17.6 Å². The van der Waals surface area contributed by atoms with Crippen molar-refractivity contribution in [3.8, 4) is 5.75 Å². The SMILES string of the molecule is CN(C(=O)Oc1c(N2CCN(CC(O)CN3CCC(F)C3)C2=O)cc(C(F)(F)F)cc1C(F)(F)F)c1ccc(F)cc1. The second-order valence-electron chi connectivity index (χ2n) is 9.95. The highest BCUT2D eigenvalue weighted by Gasteiger charge is 2.44. The van der Waals surface area contributed by atoms with Crippen LogP contribution < -0.4 is 14.5 Å². The zero-order valence-electron chi connectivity index (χ0n) is 22.1. The smallest absolute Gasteiger partial charge is 0.407 e. The lowest BCUT2D eigenvalue weighted by Crippen LogP contribution is -2.42. The maximum Gasteiger partial charge on any atom is 0.420 e. The average molecular weight is 611 g/mol. The van der Waals surface area contributed by atoms with E-state index in [1.54, 1.807) is 4.90 Å². The van der Waals surface area contributed by atoms with Gasteiger partial charge in [-0.05, 0) is 42.8 Å². The van der Waals surface area contributed by atoms with Gasteiger partial charge in [-0.15, -0.1) is 0 Å². The number of urea groups is 1. The number of nitrogens with zero attached hydrogens (tertiary/aromatic N) is 4. The maximum absolute atomic E-state index is 14.1. The van der Waals surface area contributed by atoms with Gasteiger partial charge in [0, 0.05) is 52.0 Å². The molecule has 2 heterocycles. The summed E-state index contributed by atoms with van der Waals surface area (Å²) in [6.45, 7) is -0.422. The normalized spacial score (nSPS) is 19.0. The highest BCUT2D eigenvalue weighted by atomic mass is 19.4. The Morgan fingerprint density at radius 2 is 1.71 bits per heavy atom. The number of aliphatic hydroxyl groups is 1. The highest BCUT2D eigenvalue weighted by molar-refractivity contribution is 5.97. The molecule has 0 radical (unpaired) electrons. The van der Waals surface area contributed by atoms with Crippen LogP contribution in [0.1, 0.15) is 17.5 Å². The molecule has 2 unspecified atom stereocenters. The fourth-order valence-electron chi connectivity index (χ4n) is 4.76. The molecule has 2 aliphatic heterocycles. The van der Waals surface area contributed by atoms with Crippen LogP contribution in [0.2, 0.25) is 0 Å². The van der Waals surface area contributed by atoms with Crippen molar-refractivity contribution in [3.05, 3.63) is 53.3 Å².